The van der Waals surface area contributed by atoms with Gasteiger partial charge in [-0.1, -0.05) is 182 Å². The lowest BCUT2D eigenvalue weighted by atomic mass is 10.0. The molecule has 12 heteroatoms. The molecule has 4 N–H and O–H groups in total. The van der Waals surface area contributed by atoms with Crippen LogP contribution in [0.5, 0.6) is 0 Å². The van der Waals surface area contributed by atoms with Crippen molar-refractivity contribution in [3.63, 3.8) is 0 Å². The number of unbranched alkanes of at least 4 members (excludes halogenated alkanes) is 14. The van der Waals surface area contributed by atoms with E-state index in [1.807, 2.05) is 12.2 Å². The van der Waals surface area contributed by atoms with Crippen LogP contribution in [0.15, 0.2) is 85.1 Å². The van der Waals surface area contributed by atoms with E-state index in [1.165, 1.54) is 64.2 Å². The van der Waals surface area contributed by atoms with E-state index in [1.54, 1.807) is 0 Å². The van der Waals surface area contributed by atoms with Crippen molar-refractivity contribution in [2.24, 2.45) is 0 Å². The molecule has 0 aromatic carbocycles. The first-order valence-electron chi connectivity index (χ1n) is 23.1. The minimum atomic E-state index is -4.78. The molecule has 0 aromatic rings. The van der Waals surface area contributed by atoms with E-state index in [4.69, 9.17) is 13.8 Å². The number of rotatable bonds is 42. The maximum absolute atomic E-state index is 12.3. The molecule has 0 heterocycles. The number of allylic oxidation sites excluding steroid dienone is 14. The number of amides is 1. The first kappa shape index (κ1) is 57.7. The van der Waals surface area contributed by atoms with E-state index in [9.17, 15) is 34.1 Å². The van der Waals surface area contributed by atoms with Crippen LogP contribution in [0.25, 0.3) is 0 Å². The molecule has 0 spiro atoms. The van der Waals surface area contributed by atoms with Crippen LogP contribution in [0, 0.1) is 0 Å². The quantitative estimate of drug-likeness (QED) is 0.0200. The van der Waals surface area contributed by atoms with Gasteiger partial charge in [0.15, 0.2) is 6.04 Å². The number of carbonyl (C=O) groups is 3. The summed E-state index contributed by atoms with van der Waals surface area (Å²) in [6, 6.07) is -1.58. The highest BCUT2D eigenvalue weighted by Crippen LogP contribution is 2.43. The number of phosphoric acid groups is 1. The standard InChI is InChI=1S/C49H82NO10P/c1-3-5-7-9-11-13-15-17-19-20-21-22-23-24-25-26-27-28-30-32-34-36-38-40-47(52)50-46(49(54)55)44-60-61(56,57)59-43-45(51)42-58-48(53)41-39-37-35-33-31-29-18-16-14-12-10-8-6-4-2/h5,7,11,13,17,19,21-22,24-25,27-28,32,34,45-46,51H,3-4,6,8-10,12,14-16,18,20,23,26,29-31,33,35-44H2,1-2H3,(H,50,52)(H,54,55)(H,56,57)/b7-5-,13-11-,19-17-,22-21-,25-24-,28-27-,34-32-. The SMILES string of the molecule is CC/C=C\C/C=C\C/C=C\C/C=C\C/C=C\C/C=C\C/C=C\CCCC(=O)NC(COP(=O)(O)OCC(O)COC(=O)CCCCCCCCCCCCCCCC)C(=O)O. The first-order valence-corrected chi connectivity index (χ1v) is 24.6. The van der Waals surface area contributed by atoms with E-state index >= 15 is 0 Å². The van der Waals surface area contributed by atoms with Crippen LogP contribution in [0.1, 0.15) is 174 Å². The van der Waals surface area contributed by atoms with Gasteiger partial charge in [-0.25, -0.2) is 9.36 Å². The molecule has 61 heavy (non-hydrogen) atoms. The van der Waals surface area contributed by atoms with Crippen LogP contribution in [0.2, 0.25) is 0 Å². The Hall–Kier alpha value is -3.34. The normalized spacial score (nSPS) is 14.4. The zero-order valence-electron chi connectivity index (χ0n) is 37.7. The molecular weight excluding hydrogens is 794 g/mol. The Labute approximate surface area is 369 Å². The second kappa shape index (κ2) is 43.3. The Morgan fingerprint density at radius 2 is 0.951 bits per heavy atom. The monoisotopic (exact) mass is 876 g/mol. The number of carboxylic acids is 1. The Morgan fingerprint density at radius 3 is 1.39 bits per heavy atom. The van der Waals surface area contributed by atoms with Crippen molar-refractivity contribution in [1.82, 2.24) is 5.32 Å². The number of carboxylic acid groups (broad SMARTS) is 1. The molecule has 3 unspecified atom stereocenters. The van der Waals surface area contributed by atoms with Crippen LogP contribution in [0.3, 0.4) is 0 Å². The summed E-state index contributed by atoms with van der Waals surface area (Å²) in [6.45, 7) is 2.44. The molecule has 1 amide bonds. The number of carbonyl (C=O) groups excluding carboxylic acids is 2. The molecule has 0 aliphatic heterocycles. The number of ether oxygens (including phenoxy) is 1. The summed E-state index contributed by atoms with van der Waals surface area (Å²) in [7, 11) is -4.78. The van der Waals surface area contributed by atoms with Gasteiger partial charge in [-0.2, -0.15) is 0 Å². The van der Waals surface area contributed by atoms with Gasteiger partial charge in [-0.05, 0) is 64.2 Å². The molecule has 0 fully saturated rings. The van der Waals surface area contributed by atoms with Crippen molar-refractivity contribution in [3.05, 3.63) is 85.1 Å². The second-order valence-electron chi connectivity index (χ2n) is 15.2. The highest BCUT2D eigenvalue weighted by Gasteiger charge is 2.28. The van der Waals surface area contributed by atoms with E-state index in [2.05, 4.69) is 92.1 Å². The summed E-state index contributed by atoms with van der Waals surface area (Å²) >= 11 is 0. The number of hydrogen-bond donors (Lipinski definition) is 4. The van der Waals surface area contributed by atoms with Gasteiger partial charge >= 0.3 is 19.8 Å². The van der Waals surface area contributed by atoms with Gasteiger partial charge < -0.3 is 25.2 Å². The predicted octanol–water partition coefficient (Wildman–Crippen LogP) is 12.3. The second-order valence-corrected chi connectivity index (χ2v) is 16.7. The van der Waals surface area contributed by atoms with Crippen molar-refractivity contribution in [3.8, 4) is 0 Å². The Kier molecular flexibility index (Phi) is 40.9. The first-order chi connectivity index (χ1) is 29.6. The van der Waals surface area contributed by atoms with Crippen LogP contribution < -0.4 is 5.32 Å². The van der Waals surface area contributed by atoms with E-state index in [0.717, 1.165) is 64.2 Å². The van der Waals surface area contributed by atoms with E-state index in [0.29, 0.717) is 19.3 Å². The largest absolute Gasteiger partial charge is 0.480 e. The maximum atomic E-state index is 12.3. The zero-order valence-corrected chi connectivity index (χ0v) is 38.6. The van der Waals surface area contributed by atoms with Gasteiger partial charge in [-0.15, -0.1) is 0 Å². The third kappa shape index (κ3) is 43.1. The fraction of sp³-hybridized carbons (Fsp3) is 0.653. The number of aliphatic carboxylic acids is 1. The highest BCUT2D eigenvalue weighted by molar-refractivity contribution is 7.47. The van der Waals surface area contributed by atoms with Crippen molar-refractivity contribution in [2.45, 2.75) is 187 Å². The third-order valence-corrected chi connectivity index (χ3v) is 10.4. The number of esters is 1. The fourth-order valence-corrected chi connectivity index (χ4v) is 6.66. The van der Waals surface area contributed by atoms with Crippen LogP contribution in [-0.4, -0.2) is 64.9 Å². The van der Waals surface area contributed by atoms with Gasteiger partial charge in [-0.3, -0.25) is 18.6 Å². The average Bonchev–Trinajstić information content (AvgIpc) is 3.24. The van der Waals surface area contributed by atoms with Gasteiger partial charge in [0.1, 0.15) is 12.7 Å². The molecule has 348 valence electrons. The molecule has 11 nitrogen and oxygen atoms in total. The maximum Gasteiger partial charge on any atom is 0.472 e. The van der Waals surface area contributed by atoms with Gasteiger partial charge in [0, 0.05) is 12.8 Å². The molecule has 0 saturated carbocycles. The Morgan fingerprint density at radius 1 is 0.541 bits per heavy atom. The van der Waals surface area contributed by atoms with Gasteiger partial charge in [0.05, 0.1) is 13.2 Å². The molecule has 0 radical (unpaired) electrons. The molecule has 0 saturated heterocycles. The highest BCUT2D eigenvalue weighted by atomic mass is 31.2. The van der Waals surface area contributed by atoms with Gasteiger partial charge in [0.2, 0.25) is 5.91 Å². The molecule has 0 aromatic heterocycles. The average molecular weight is 876 g/mol. The summed E-state index contributed by atoms with van der Waals surface area (Å²) in [6.07, 6.45) is 53.3. The lowest BCUT2D eigenvalue weighted by molar-refractivity contribution is -0.147. The molecule has 0 rings (SSSR count). The van der Waals surface area contributed by atoms with Crippen molar-refractivity contribution < 1.29 is 47.8 Å². The van der Waals surface area contributed by atoms with E-state index < -0.39 is 57.6 Å². The third-order valence-electron chi connectivity index (χ3n) is 9.45. The molecular formula is C49H82NO10P. The molecule has 0 bridgehead atoms. The van der Waals surface area contributed by atoms with Crippen molar-refractivity contribution in [2.75, 3.05) is 19.8 Å². The topological polar surface area (TPSA) is 169 Å². The minimum absolute atomic E-state index is 0.0611. The Bertz CT molecular complexity index is 1350. The molecule has 0 aliphatic rings. The predicted molar refractivity (Wildman–Crippen MR) is 249 cm³/mol. The van der Waals surface area contributed by atoms with Crippen LogP contribution >= 0.6 is 7.82 Å². The lowest BCUT2D eigenvalue weighted by Crippen LogP contribution is -2.43. The minimum Gasteiger partial charge on any atom is -0.480 e. The summed E-state index contributed by atoms with van der Waals surface area (Å²) in [5.41, 5.74) is 0. The molecule has 0 aliphatic carbocycles. The lowest BCUT2D eigenvalue weighted by Gasteiger charge is -2.18. The summed E-state index contributed by atoms with van der Waals surface area (Å²) in [5.74, 6) is -2.46. The number of hydrogen-bond acceptors (Lipinski definition) is 8. The summed E-state index contributed by atoms with van der Waals surface area (Å²) in [5, 5.41) is 21.8. The Balaban J connectivity index is 4.01. The number of aliphatic hydroxyl groups excluding tert-OH is 1. The summed E-state index contributed by atoms with van der Waals surface area (Å²) in [4.78, 5) is 45.9. The molecule has 3 atom stereocenters. The van der Waals surface area contributed by atoms with Crippen LogP contribution in [0.4, 0.5) is 0 Å². The number of nitrogens with one attached hydrogen (secondary N) is 1. The van der Waals surface area contributed by atoms with Crippen molar-refractivity contribution >= 4 is 25.7 Å². The smallest absolute Gasteiger partial charge is 0.472 e. The van der Waals surface area contributed by atoms with E-state index in [-0.39, 0.29) is 12.8 Å². The fourth-order valence-electron chi connectivity index (χ4n) is 5.89. The van der Waals surface area contributed by atoms with Crippen LogP contribution in [-0.2, 0) is 32.7 Å². The van der Waals surface area contributed by atoms with Crippen molar-refractivity contribution in [1.29, 1.82) is 0 Å². The number of phosphoric ester groups is 1. The summed E-state index contributed by atoms with van der Waals surface area (Å²) < 4.78 is 26.8. The number of aliphatic hydroxyl groups is 1. The zero-order chi connectivity index (χ0) is 44.9. The van der Waals surface area contributed by atoms with Gasteiger partial charge in [0.25, 0.3) is 0 Å².